The van der Waals surface area contributed by atoms with Crippen LogP contribution in [-0.4, -0.2) is 34.3 Å². The summed E-state index contributed by atoms with van der Waals surface area (Å²) in [5, 5.41) is 15.0. The number of anilines is 4. The van der Waals surface area contributed by atoms with E-state index in [2.05, 4.69) is 55.0 Å². The van der Waals surface area contributed by atoms with Gasteiger partial charge < -0.3 is 15.5 Å². The molecule has 0 bridgehead atoms. The second kappa shape index (κ2) is 8.34. The third-order valence-corrected chi connectivity index (χ3v) is 5.36. The van der Waals surface area contributed by atoms with Gasteiger partial charge in [-0.3, -0.25) is 0 Å². The minimum Gasteiger partial charge on any atom is -0.372 e. The van der Waals surface area contributed by atoms with Gasteiger partial charge in [0.15, 0.2) is 5.82 Å². The van der Waals surface area contributed by atoms with Crippen molar-refractivity contribution in [2.24, 2.45) is 0 Å². The van der Waals surface area contributed by atoms with Gasteiger partial charge in [0, 0.05) is 30.5 Å². The number of piperidine rings is 1. The van der Waals surface area contributed by atoms with Gasteiger partial charge in [0.2, 0.25) is 5.95 Å². The number of aromatic nitrogens is 3. The largest absolute Gasteiger partial charge is 0.372 e. The smallest absolute Gasteiger partial charge is 0.249 e. The van der Waals surface area contributed by atoms with E-state index >= 15 is 0 Å². The number of nitrogens with one attached hydrogen (secondary N) is 2. The van der Waals surface area contributed by atoms with E-state index in [1.54, 1.807) is 6.20 Å². The molecule has 0 amide bonds. The summed E-state index contributed by atoms with van der Waals surface area (Å²) in [5.41, 5.74) is 2.28. The molecule has 1 saturated carbocycles. The zero-order valence-electron chi connectivity index (χ0n) is 15.3. The second-order valence-corrected chi connectivity index (χ2v) is 7.36. The first kappa shape index (κ1) is 17.1. The van der Waals surface area contributed by atoms with Crippen LogP contribution in [0.15, 0.2) is 30.5 Å². The molecule has 1 aromatic heterocycles. The third kappa shape index (κ3) is 4.42. The Hall–Kier alpha value is -2.37. The van der Waals surface area contributed by atoms with Gasteiger partial charge in [-0.1, -0.05) is 19.3 Å². The molecule has 2 heterocycles. The first-order chi connectivity index (χ1) is 12.9. The molecule has 1 aliphatic heterocycles. The summed E-state index contributed by atoms with van der Waals surface area (Å²) in [6.07, 6.45) is 12.0. The standard InChI is InChI=1S/C20H28N6/c1-3-7-16(8-4-1)22-19-15-21-25-20(24-19)23-17-9-11-18(12-10-17)26-13-5-2-6-14-26/h9-12,15-16H,1-8,13-14H2,(H2,22,23,24,25). The van der Waals surface area contributed by atoms with Gasteiger partial charge in [0.25, 0.3) is 0 Å². The van der Waals surface area contributed by atoms with Crippen molar-refractivity contribution < 1.29 is 0 Å². The van der Waals surface area contributed by atoms with E-state index < -0.39 is 0 Å². The Morgan fingerprint density at radius 1 is 0.885 bits per heavy atom. The van der Waals surface area contributed by atoms with Crippen LogP contribution in [0.3, 0.4) is 0 Å². The predicted molar refractivity (Wildman–Crippen MR) is 106 cm³/mol. The minimum atomic E-state index is 0.511. The number of rotatable bonds is 5. The molecule has 1 aliphatic carbocycles. The van der Waals surface area contributed by atoms with Crippen LogP contribution in [0, 0.1) is 0 Å². The molecule has 0 spiro atoms. The van der Waals surface area contributed by atoms with Crippen molar-refractivity contribution >= 4 is 23.1 Å². The molecule has 1 saturated heterocycles. The molecule has 2 N–H and O–H groups in total. The Balaban J connectivity index is 1.38. The molecule has 2 fully saturated rings. The van der Waals surface area contributed by atoms with Crippen molar-refractivity contribution in [2.75, 3.05) is 28.6 Å². The molecular formula is C20H28N6. The minimum absolute atomic E-state index is 0.511. The Morgan fingerprint density at radius 2 is 1.62 bits per heavy atom. The number of benzene rings is 1. The second-order valence-electron chi connectivity index (χ2n) is 7.36. The summed E-state index contributed by atoms with van der Waals surface area (Å²) in [5.74, 6) is 1.34. The Labute approximate surface area is 155 Å². The number of nitrogens with zero attached hydrogens (tertiary/aromatic N) is 4. The maximum absolute atomic E-state index is 4.57. The SMILES string of the molecule is c1cc(N2CCCCC2)ccc1Nc1nncc(NC2CCCCC2)n1. The fourth-order valence-electron chi connectivity index (χ4n) is 3.92. The van der Waals surface area contributed by atoms with Gasteiger partial charge in [-0.2, -0.15) is 10.1 Å². The normalized spacial score (nSPS) is 18.5. The van der Waals surface area contributed by atoms with Crippen LogP contribution < -0.4 is 15.5 Å². The summed E-state index contributed by atoms with van der Waals surface area (Å²) < 4.78 is 0. The van der Waals surface area contributed by atoms with Gasteiger partial charge in [0.05, 0.1) is 6.20 Å². The molecule has 2 aromatic rings. The highest BCUT2D eigenvalue weighted by atomic mass is 15.3. The van der Waals surface area contributed by atoms with Crippen molar-refractivity contribution in [1.29, 1.82) is 0 Å². The highest BCUT2D eigenvalue weighted by Crippen LogP contribution is 2.24. The lowest BCUT2D eigenvalue weighted by atomic mass is 9.96. The quantitative estimate of drug-likeness (QED) is 0.834. The van der Waals surface area contributed by atoms with Crippen molar-refractivity contribution in [2.45, 2.75) is 57.4 Å². The molecule has 26 heavy (non-hydrogen) atoms. The third-order valence-electron chi connectivity index (χ3n) is 5.36. The number of hydrogen-bond acceptors (Lipinski definition) is 6. The lowest BCUT2D eigenvalue weighted by molar-refractivity contribution is 0.461. The van der Waals surface area contributed by atoms with Gasteiger partial charge in [0.1, 0.15) is 0 Å². The van der Waals surface area contributed by atoms with E-state index in [0.29, 0.717) is 12.0 Å². The summed E-state index contributed by atoms with van der Waals surface area (Å²) in [4.78, 5) is 7.03. The fourth-order valence-corrected chi connectivity index (χ4v) is 3.92. The van der Waals surface area contributed by atoms with Crippen molar-refractivity contribution in [1.82, 2.24) is 15.2 Å². The maximum atomic E-state index is 4.57. The van der Waals surface area contributed by atoms with E-state index in [1.807, 2.05) is 0 Å². The molecule has 0 radical (unpaired) electrons. The highest BCUT2D eigenvalue weighted by molar-refractivity contribution is 5.59. The zero-order chi connectivity index (χ0) is 17.6. The van der Waals surface area contributed by atoms with Crippen LogP contribution in [0.25, 0.3) is 0 Å². The van der Waals surface area contributed by atoms with Crippen LogP contribution in [0.1, 0.15) is 51.4 Å². The molecule has 0 unspecified atom stereocenters. The highest BCUT2D eigenvalue weighted by Gasteiger charge is 2.14. The van der Waals surface area contributed by atoms with Crippen LogP contribution in [0.5, 0.6) is 0 Å². The predicted octanol–water partition coefficient (Wildman–Crippen LogP) is 4.35. The number of hydrogen-bond donors (Lipinski definition) is 2. The van der Waals surface area contributed by atoms with Gasteiger partial charge in [-0.15, -0.1) is 5.10 Å². The van der Waals surface area contributed by atoms with Crippen LogP contribution >= 0.6 is 0 Å². The summed E-state index contributed by atoms with van der Waals surface area (Å²) in [7, 11) is 0. The molecule has 2 aliphatic rings. The van der Waals surface area contributed by atoms with Gasteiger partial charge >= 0.3 is 0 Å². The lowest BCUT2D eigenvalue weighted by Gasteiger charge is -2.28. The van der Waals surface area contributed by atoms with E-state index in [0.717, 1.165) is 24.6 Å². The molecular weight excluding hydrogens is 324 g/mol. The summed E-state index contributed by atoms with van der Waals surface area (Å²) in [6, 6.07) is 9.04. The fraction of sp³-hybridized carbons (Fsp3) is 0.550. The molecule has 6 nitrogen and oxygen atoms in total. The molecule has 138 valence electrons. The van der Waals surface area contributed by atoms with Crippen molar-refractivity contribution in [3.8, 4) is 0 Å². The molecule has 6 heteroatoms. The molecule has 0 atom stereocenters. The maximum Gasteiger partial charge on any atom is 0.249 e. The van der Waals surface area contributed by atoms with E-state index in [-0.39, 0.29) is 0 Å². The van der Waals surface area contributed by atoms with E-state index in [4.69, 9.17) is 0 Å². The molecule has 1 aromatic carbocycles. The van der Waals surface area contributed by atoms with E-state index in [1.165, 1.54) is 57.1 Å². The monoisotopic (exact) mass is 352 g/mol. The average molecular weight is 352 g/mol. The van der Waals surface area contributed by atoms with Crippen LogP contribution in [-0.2, 0) is 0 Å². The lowest BCUT2D eigenvalue weighted by Crippen LogP contribution is -2.29. The van der Waals surface area contributed by atoms with Gasteiger partial charge in [-0.25, -0.2) is 0 Å². The Kier molecular flexibility index (Phi) is 5.47. The zero-order valence-corrected chi connectivity index (χ0v) is 15.3. The van der Waals surface area contributed by atoms with E-state index in [9.17, 15) is 0 Å². The Morgan fingerprint density at radius 3 is 2.38 bits per heavy atom. The first-order valence-corrected chi connectivity index (χ1v) is 9.95. The summed E-state index contributed by atoms with van der Waals surface area (Å²) in [6.45, 7) is 2.32. The van der Waals surface area contributed by atoms with Crippen molar-refractivity contribution in [3.63, 3.8) is 0 Å². The first-order valence-electron chi connectivity index (χ1n) is 9.95. The molecule has 4 rings (SSSR count). The summed E-state index contributed by atoms with van der Waals surface area (Å²) >= 11 is 0. The average Bonchev–Trinajstić information content (AvgIpc) is 2.70. The van der Waals surface area contributed by atoms with Gasteiger partial charge in [-0.05, 0) is 56.4 Å². The van der Waals surface area contributed by atoms with Crippen LogP contribution in [0.4, 0.5) is 23.1 Å². The topological polar surface area (TPSA) is 66.0 Å². The van der Waals surface area contributed by atoms with Crippen LogP contribution in [0.2, 0.25) is 0 Å². The Bertz CT molecular complexity index is 690. The van der Waals surface area contributed by atoms with Crippen molar-refractivity contribution in [3.05, 3.63) is 30.5 Å².